The molecule has 2 rings (SSSR count). The van der Waals surface area contributed by atoms with E-state index in [1.165, 1.54) is 12.8 Å². The summed E-state index contributed by atoms with van der Waals surface area (Å²) in [5, 5.41) is 12.0. The average molecular weight is 282 g/mol. The molecule has 0 saturated carbocycles. The lowest BCUT2D eigenvalue weighted by Gasteiger charge is -2.31. The van der Waals surface area contributed by atoms with Crippen molar-refractivity contribution >= 4 is 11.7 Å². The number of nitrogens with zero attached hydrogens (tertiary/aromatic N) is 3. The Kier molecular flexibility index (Phi) is 4.52. The molecule has 2 heterocycles. The fraction of sp³-hybridized carbons (Fsp3) is 0.857. The molecule has 0 aromatic carbocycles. The molecule has 6 nitrogen and oxygen atoms in total. The quantitative estimate of drug-likeness (QED) is 0.346. The molecule has 0 radical (unpaired) electrons. The van der Waals surface area contributed by atoms with Crippen LogP contribution in [0.4, 0.5) is 0 Å². The highest BCUT2D eigenvalue weighted by atomic mass is 16.4. The van der Waals surface area contributed by atoms with Gasteiger partial charge in [0.2, 0.25) is 5.91 Å². The maximum absolute atomic E-state index is 12.7. The first kappa shape index (κ1) is 15.1. The van der Waals surface area contributed by atoms with E-state index in [-0.39, 0.29) is 11.7 Å². The summed E-state index contributed by atoms with van der Waals surface area (Å²) in [5.74, 6) is -0.00776. The number of hydrogen-bond donors (Lipinski definition) is 2. The summed E-state index contributed by atoms with van der Waals surface area (Å²) in [7, 11) is 0. The third kappa shape index (κ3) is 2.61. The second kappa shape index (κ2) is 5.99. The molecule has 2 unspecified atom stereocenters. The first-order chi connectivity index (χ1) is 9.52. The van der Waals surface area contributed by atoms with Crippen LogP contribution in [0.1, 0.15) is 39.5 Å². The number of amides is 1. The molecular weight excluding hydrogens is 256 g/mol. The summed E-state index contributed by atoms with van der Waals surface area (Å²) in [6.07, 6.45) is 4.09. The molecule has 2 atom stereocenters. The van der Waals surface area contributed by atoms with Crippen LogP contribution in [0, 0.1) is 5.41 Å². The van der Waals surface area contributed by atoms with E-state index in [4.69, 9.17) is 10.9 Å². The van der Waals surface area contributed by atoms with E-state index in [1.807, 2.05) is 11.8 Å². The molecule has 0 aliphatic carbocycles. The van der Waals surface area contributed by atoms with E-state index >= 15 is 0 Å². The van der Waals surface area contributed by atoms with E-state index in [2.05, 4.69) is 10.1 Å². The van der Waals surface area contributed by atoms with E-state index in [9.17, 15) is 4.79 Å². The van der Waals surface area contributed by atoms with Crippen LogP contribution in [0.25, 0.3) is 0 Å². The van der Waals surface area contributed by atoms with Crippen molar-refractivity contribution in [3.8, 4) is 0 Å². The molecule has 2 saturated heterocycles. The molecule has 0 aromatic rings. The number of hydrogen-bond acceptors (Lipinski definition) is 4. The summed E-state index contributed by atoms with van der Waals surface area (Å²) in [5.41, 5.74) is 4.84. The lowest BCUT2D eigenvalue weighted by atomic mass is 9.84. The Bertz CT molecular complexity index is 393. The van der Waals surface area contributed by atoms with Crippen LogP contribution in [0.3, 0.4) is 0 Å². The van der Waals surface area contributed by atoms with E-state index in [0.717, 1.165) is 32.6 Å². The average Bonchev–Trinajstić information content (AvgIpc) is 3.14. The molecular formula is C14H26N4O2. The predicted molar refractivity (Wildman–Crippen MR) is 77.6 cm³/mol. The Labute approximate surface area is 120 Å². The third-order valence-electron chi connectivity index (χ3n) is 4.96. The number of nitrogens with two attached hydrogens (primary N) is 1. The second-order valence-electron chi connectivity index (χ2n) is 6.11. The van der Waals surface area contributed by atoms with E-state index in [0.29, 0.717) is 12.5 Å². The standard InChI is InChI=1S/C14H26N4O2/c1-3-14(2,12(15)16-20)13(19)18-9-6-11(10-18)17-7-4-5-8-17/h11,20H,3-10H2,1-2H3,(H2,15,16). The zero-order valence-electron chi connectivity index (χ0n) is 12.5. The Morgan fingerprint density at radius 3 is 2.60 bits per heavy atom. The van der Waals surface area contributed by atoms with Gasteiger partial charge in [-0.25, -0.2) is 0 Å². The highest BCUT2D eigenvalue weighted by Crippen LogP contribution is 2.28. The largest absolute Gasteiger partial charge is 0.409 e. The molecule has 0 bridgehead atoms. The highest BCUT2D eigenvalue weighted by Gasteiger charge is 2.42. The van der Waals surface area contributed by atoms with Crippen LogP contribution in [0.5, 0.6) is 0 Å². The Morgan fingerprint density at radius 2 is 2.05 bits per heavy atom. The van der Waals surface area contributed by atoms with Crippen LogP contribution in [0.2, 0.25) is 0 Å². The van der Waals surface area contributed by atoms with Gasteiger partial charge in [-0.3, -0.25) is 9.69 Å². The van der Waals surface area contributed by atoms with Crippen molar-refractivity contribution in [3.05, 3.63) is 0 Å². The van der Waals surface area contributed by atoms with Crippen molar-refractivity contribution in [2.24, 2.45) is 16.3 Å². The fourth-order valence-corrected chi connectivity index (χ4v) is 3.23. The van der Waals surface area contributed by atoms with Gasteiger partial charge in [0.05, 0.1) is 0 Å². The van der Waals surface area contributed by atoms with Gasteiger partial charge in [-0.1, -0.05) is 12.1 Å². The summed E-state index contributed by atoms with van der Waals surface area (Å²) in [6, 6.07) is 0.481. The Morgan fingerprint density at radius 1 is 1.40 bits per heavy atom. The number of likely N-dealkylation sites (tertiary alicyclic amines) is 2. The van der Waals surface area contributed by atoms with Crippen molar-refractivity contribution in [3.63, 3.8) is 0 Å². The number of carbonyl (C=O) groups excluding carboxylic acids is 1. The molecule has 2 fully saturated rings. The van der Waals surface area contributed by atoms with Crippen LogP contribution < -0.4 is 5.73 Å². The summed E-state index contributed by atoms with van der Waals surface area (Å²) in [6.45, 7) is 7.49. The van der Waals surface area contributed by atoms with Gasteiger partial charge < -0.3 is 15.8 Å². The fourth-order valence-electron chi connectivity index (χ4n) is 3.23. The van der Waals surface area contributed by atoms with Crippen molar-refractivity contribution < 1.29 is 10.0 Å². The van der Waals surface area contributed by atoms with Gasteiger partial charge in [0.1, 0.15) is 5.41 Å². The topological polar surface area (TPSA) is 82.2 Å². The van der Waals surface area contributed by atoms with Gasteiger partial charge in [-0.15, -0.1) is 0 Å². The maximum Gasteiger partial charge on any atom is 0.236 e. The Balaban J connectivity index is 2.03. The monoisotopic (exact) mass is 282 g/mol. The molecule has 114 valence electrons. The third-order valence-corrected chi connectivity index (χ3v) is 4.96. The van der Waals surface area contributed by atoms with Gasteiger partial charge in [-0.05, 0) is 45.7 Å². The molecule has 3 N–H and O–H groups in total. The molecule has 6 heteroatoms. The molecule has 0 aromatic heterocycles. The number of carbonyl (C=O) groups is 1. The smallest absolute Gasteiger partial charge is 0.236 e. The van der Waals surface area contributed by atoms with Crippen molar-refractivity contribution in [1.29, 1.82) is 0 Å². The van der Waals surface area contributed by atoms with Crippen molar-refractivity contribution in [1.82, 2.24) is 9.80 Å². The molecule has 2 aliphatic rings. The van der Waals surface area contributed by atoms with Gasteiger partial charge in [0.15, 0.2) is 5.84 Å². The van der Waals surface area contributed by atoms with E-state index < -0.39 is 5.41 Å². The minimum atomic E-state index is -0.894. The summed E-state index contributed by atoms with van der Waals surface area (Å²) >= 11 is 0. The van der Waals surface area contributed by atoms with Gasteiger partial charge in [-0.2, -0.15) is 0 Å². The second-order valence-corrected chi connectivity index (χ2v) is 6.11. The zero-order valence-corrected chi connectivity index (χ0v) is 12.5. The van der Waals surface area contributed by atoms with Gasteiger partial charge in [0, 0.05) is 19.1 Å². The normalized spacial score (nSPS) is 27.8. The zero-order chi connectivity index (χ0) is 14.8. The molecule has 20 heavy (non-hydrogen) atoms. The first-order valence-corrected chi connectivity index (χ1v) is 7.54. The number of oxime groups is 1. The van der Waals surface area contributed by atoms with Crippen molar-refractivity contribution in [2.75, 3.05) is 26.2 Å². The van der Waals surface area contributed by atoms with E-state index in [1.54, 1.807) is 6.92 Å². The Hall–Kier alpha value is -1.30. The minimum Gasteiger partial charge on any atom is -0.409 e. The minimum absolute atomic E-state index is 0.00891. The highest BCUT2D eigenvalue weighted by molar-refractivity contribution is 6.06. The molecule has 2 aliphatic heterocycles. The van der Waals surface area contributed by atoms with Crippen LogP contribution in [0.15, 0.2) is 5.16 Å². The van der Waals surface area contributed by atoms with Crippen LogP contribution >= 0.6 is 0 Å². The summed E-state index contributed by atoms with van der Waals surface area (Å²) in [4.78, 5) is 17.1. The van der Waals surface area contributed by atoms with Crippen LogP contribution in [-0.4, -0.2) is 59.0 Å². The molecule has 1 amide bonds. The predicted octanol–water partition coefficient (Wildman–Crippen LogP) is 0.846. The number of amidine groups is 1. The molecule has 0 spiro atoms. The lowest BCUT2D eigenvalue weighted by molar-refractivity contribution is -0.137. The van der Waals surface area contributed by atoms with Gasteiger partial charge >= 0.3 is 0 Å². The van der Waals surface area contributed by atoms with Crippen LogP contribution in [-0.2, 0) is 4.79 Å². The van der Waals surface area contributed by atoms with Crippen molar-refractivity contribution in [2.45, 2.75) is 45.6 Å². The maximum atomic E-state index is 12.7. The van der Waals surface area contributed by atoms with Gasteiger partial charge in [0.25, 0.3) is 0 Å². The lowest BCUT2D eigenvalue weighted by Crippen LogP contribution is -2.49. The SMILES string of the molecule is CCC(C)(C(=O)N1CCC(N2CCCC2)C1)C(N)=NO. The first-order valence-electron chi connectivity index (χ1n) is 7.54. The summed E-state index contributed by atoms with van der Waals surface area (Å²) < 4.78 is 0. The number of rotatable bonds is 4.